The van der Waals surface area contributed by atoms with Crippen LogP contribution in [0.1, 0.15) is 85.3 Å². The number of rotatable bonds is 9. The predicted octanol–water partition coefficient (Wildman–Crippen LogP) is 10.1. The van der Waals surface area contributed by atoms with Crippen LogP contribution in [0.4, 0.5) is 0 Å². The Morgan fingerprint density at radius 1 is 0.829 bits per heavy atom. The highest BCUT2D eigenvalue weighted by Gasteiger charge is 2.12. The van der Waals surface area contributed by atoms with E-state index in [-0.39, 0.29) is 6.04 Å². The molecule has 0 heterocycles. The molecule has 0 aromatic heterocycles. The average Bonchev–Trinajstić information content (AvgIpc) is 3.00. The molecule has 0 aliphatic carbocycles. The standard InChI is InChI=1S/C23H29N.C15H14O2/c1-7-23(20-11-9-8-10-12-20)24-19(6)21-14-13-17(4)22(15-21)18(5)16(2)3;1-2-11-7-9-12(10-8-11)13-5-3-4-6-14(13)15(16)17/h8-15,23-24H,6-7H2,1-5H3;3-10H,2H2,1H3,(H,16,17). The van der Waals surface area contributed by atoms with E-state index < -0.39 is 5.97 Å². The van der Waals surface area contributed by atoms with Crippen LogP contribution in [-0.2, 0) is 6.42 Å². The lowest BCUT2D eigenvalue weighted by atomic mass is 9.95. The number of carbonyl (C=O) groups is 1. The van der Waals surface area contributed by atoms with E-state index in [0.717, 1.165) is 35.2 Å². The maximum atomic E-state index is 11.1. The summed E-state index contributed by atoms with van der Waals surface area (Å²) < 4.78 is 0. The molecule has 4 aromatic rings. The Bertz CT molecular complexity index is 1490. The van der Waals surface area contributed by atoms with Gasteiger partial charge in [-0.25, -0.2) is 4.79 Å². The van der Waals surface area contributed by atoms with Crippen LogP contribution in [0, 0.1) is 6.92 Å². The SMILES string of the molecule is C=C(NC(CC)c1ccccc1)c1ccc(C)c(C(C)=C(C)C)c1.CCc1ccc(-c2ccccc2C(=O)O)cc1. The summed E-state index contributed by atoms with van der Waals surface area (Å²) in [5, 5.41) is 12.7. The first-order valence-corrected chi connectivity index (χ1v) is 14.3. The fraction of sp³-hybridized carbons (Fsp3) is 0.237. The van der Waals surface area contributed by atoms with Crippen molar-refractivity contribution in [3.05, 3.63) is 143 Å². The average molecular weight is 546 g/mol. The zero-order valence-corrected chi connectivity index (χ0v) is 25.3. The third-order valence-corrected chi connectivity index (χ3v) is 7.53. The van der Waals surface area contributed by atoms with Crippen LogP contribution < -0.4 is 5.32 Å². The van der Waals surface area contributed by atoms with E-state index in [0.29, 0.717) is 5.56 Å². The summed E-state index contributed by atoms with van der Waals surface area (Å²) in [6, 6.07) is 32.5. The quantitative estimate of drug-likeness (QED) is 0.220. The normalized spacial score (nSPS) is 11.1. The van der Waals surface area contributed by atoms with Crippen molar-refractivity contribution in [1.29, 1.82) is 0 Å². The molecule has 3 heteroatoms. The van der Waals surface area contributed by atoms with Gasteiger partial charge in [-0.2, -0.15) is 0 Å². The Labute approximate surface area is 246 Å². The van der Waals surface area contributed by atoms with Gasteiger partial charge in [-0.05, 0) is 97.2 Å². The van der Waals surface area contributed by atoms with Crippen molar-refractivity contribution in [2.45, 2.75) is 60.4 Å². The summed E-state index contributed by atoms with van der Waals surface area (Å²) in [5.74, 6) is -0.889. The van der Waals surface area contributed by atoms with Gasteiger partial charge in [0.2, 0.25) is 0 Å². The van der Waals surface area contributed by atoms with E-state index in [1.807, 2.05) is 36.4 Å². The van der Waals surface area contributed by atoms with Crippen LogP contribution in [0.2, 0.25) is 0 Å². The number of benzene rings is 4. The largest absolute Gasteiger partial charge is 0.478 e. The number of hydrogen-bond donors (Lipinski definition) is 2. The summed E-state index contributed by atoms with van der Waals surface area (Å²) in [7, 11) is 0. The molecule has 1 unspecified atom stereocenters. The second kappa shape index (κ2) is 14.9. The molecule has 4 rings (SSSR count). The summed E-state index contributed by atoms with van der Waals surface area (Å²) in [6.07, 6.45) is 2.01. The number of nitrogens with one attached hydrogen (secondary N) is 1. The van der Waals surface area contributed by atoms with Crippen molar-refractivity contribution in [2.75, 3.05) is 0 Å². The molecule has 0 amide bonds. The van der Waals surface area contributed by atoms with Crippen molar-refractivity contribution in [2.24, 2.45) is 0 Å². The van der Waals surface area contributed by atoms with Gasteiger partial charge in [0.05, 0.1) is 11.6 Å². The van der Waals surface area contributed by atoms with Crippen molar-refractivity contribution >= 4 is 17.2 Å². The Kier molecular flexibility index (Phi) is 11.3. The molecule has 0 aliphatic rings. The first-order chi connectivity index (χ1) is 19.7. The third-order valence-electron chi connectivity index (χ3n) is 7.53. The number of carboxylic acids is 1. The highest BCUT2D eigenvalue weighted by molar-refractivity contribution is 5.96. The summed E-state index contributed by atoms with van der Waals surface area (Å²) >= 11 is 0. The Morgan fingerprint density at radius 3 is 2.05 bits per heavy atom. The van der Waals surface area contributed by atoms with Crippen LogP contribution in [0.5, 0.6) is 0 Å². The molecule has 0 aliphatic heterocycles. The monoisotopic (exact) mass is 545 g/mol. The molecule has 3 nitrogen and oxygen atoms in total. The van der Waals surface area contributed by atoms with Crippen molar-refractivity contribution in [1.82, 2.24) is 5.32 Å². The number of allylic oxidation sites excluding steroid dienone is 2. The van der Waals surface area contributed by atoms with E-state index in [2.05, 4.69) is 102 Å². The molecule has 1 atom stereocenters. The van der Waals surface area contributed by atoms with Gasteiger partial charge in [0.25, 0.3) is 0 Å². The van der Waals surface area contributed by atoms with E-state index >= 15 is 0 Å². The first kappa shape index (κ1) is 31.2. The maximum Gasteiger partial charge on any atom is 0.336 e. The lowest BCUT2D eigenvalue weighted by Crippen LogP contribution is -2.18. The number of carboxylic acid groups (broad SMARTS) is 1. The molecule has 0 saturated heterocycles. The van der Waals surface area contributed by atoms with Gasteiger partial charge in [-0.15, -0.1) is 0 Å². The number of aryl methyl sites for hydroxylation is 2. The molecule has 2 N–H and O–H groups in total. The van der Waals surface area contributed by atoms with Crippen LogP contribution in [0.25, 0.3) is 22.4 Å². The highest BCUT2D eigenvalue weighted by atomic mass is 16.4. The van der Waals surface area contributed by atoms with Crippen LogP contribution in [0.3, 0.4) is 0 Å². The van der Waals surface area contributed by atoms with Crippen LogP contribution in [-0.4, -0.2) is 11.1 Å². The molecule has 0 radical (unpaired) electrons. The van der Waals surface area contributed by atoms with Gasteiger partial charge in [-0.1, -0.05) is 111 Å². The zero-order chi connectivity index (χ0) is 29.9. The molecule has 0 saturated carbocycles. The third kappa shape index (κ3) is 8.31. The molecule has 0 bridgehead atoms. The maximum absolute atomic E-state index is 11.1. The Hall–Kier alpha value is -4.37. The van der Waals surface area contributed by atoms with Gasteiger partial charge in [0, 0.05) is 5.70 Å². The van der Waals surface area contributed by atoms with Crippen LogP contribution >= 0.6 is 0 Å². The molecule has 4 aromatic carbocycles. The molecular formula is C38H43NO2. The van der Waals surface area contributed by atoms with Crippen molar-refractivity contribution < 1.29 is 9.90 Å². The lowest BCUT2D eigenvalue weighted by molar-refractivity contribution is 0.0697. The Balaban J connectivity index is 0.000000239. The van der Waals surface area contributed by atoms with E-state index in [1.165, 1.54) is 33.4 Å². The Morgan fingerprint density at radius 2 is 1.46 bits per heavy atom. The first-order valence-electron chi connectivity index (χ1n) is 14.3. The predicted molar refractivity (Wildman–Crippen MR) is 175 cm³/mol. The molecular weight excluding hydrogens is 502 g/mol. The lowest BCUT2D eigenvalue weighted by Gasteiger charge is -2.21. The highest BCUT2D eigenvalue weighted by Crippen LogP contribution is 2.27. The zero-order valence-electron chi connectivity index (χ0n) is 25.3. The van der Waals surface area contributed by atoms with E-state index in [9.17, 15) is 4.79 Å². The van der Waals surface area contributed by atoms with Gasteiger partial charge in [-0.3, -0.25) is 0 Å². The van der Waals surface area contributed by atoms with Gasteiger partial charge in [0.1, 0.15) is 0 Å². The topological polar surface area (TPSA) is 49.3 Å². The number of hydrogen-bond acceptors (Lipinski definition) is 2. The van der Waals surface area contributed by atoms with Crippen LogP contribution in [0.15, 0.2) is 109 Å². The molecule has 212 valence electrons. The summed E-state index contributed by atoms with van der Waals surface area (Å²) in [4.78, 5) is 11.1. The smallest absolute Gasteiger partial charge is 0.336 e. The van der Waals surface area contributed by atoms with Crippen molar-refractivity contribution in [3.63, 3.8) is 0 Å². The van der Waals surface area contributed by atoms with Gasteiger partial charge >= 0.3 is 5.97 Å². The van der Waals surface area contributed by atoms with Gasteiger partial charge in [0.15, 0.2) is 0 Å². The second-order valence-electron chi connectivity index (χ2n) is 10.6. The fourth-order valence-corrected chi connectivity index (χ4v) is 4.72. The van der Waals surface area contributed by atoms with E-state index in [1.54, 1.807) is 12.1 Å². The summed E-state index contributed by atoms with van der Waals surface area (Å²) in [6.45, 7) is 17.3. The fourth-order valence-electron chi connectivity index (χ4n) is 4.72. The van der Waals surface area contributed by atoms with Gasteiger partial charge < -0.3 is 10.4 Å². The minimum absolute atomic E-state index is 0.285. The van der Waals surface area contributed by atoms with E-state index in [4.69, 9.17) is 5.11 Å². The molecule has 0 fully saturated rings. The molecule has 41 heavy (non-hydrogen) atoms. The molecule has 0 spiro atoms. The second-order valence-corrected chi connectivity index (χ2v) is 10.6. The minimum Gasteiger partial charge on any atom is -0.478 e. The summed E-state index contributed by atoms with van der Waals surface area (Å²) in [5.41, 5.74) is 12.1. The van der Waals surface area contributed by atoms with Crippen molar-refractivity contribution in [3.8, 4) is 11.1 Å². The number of aromatic carboxylic acids is 1. The minimum atomic E-state index is -0.889.